The fraction of sp³-hybridized carbons (Fsp3) is 0.263. The number of anilines is 1. The van der Waals surface area contributed by atoms with Gasteiger partial charge in [-0.1, -0.05) is 6.07 Å². The van der Waals surface area contributed by atoms with Crippen molar-refractivity contribution in [3.8, 4) is 11.1 Å². The summed E-state index contributed by atoms with van der Waals surface area (Å²) in [7, 11) is 0. The average Bonchev–Trinajstić information content (AvgIpc) is 3.03. The van der Waals surface area contributed by atoms with Crippen molar-refractivity contribution in [3.05, 3.63) is 43.0 Å². The number of aromatic nitrogens is 5. The average molecular weight is 346 g/mol. The summed E-state index contributed by atoms with van der Waals surface area (Å²) >= 11 is 0. The van der Waals surface area contributed by atoms with Gasteiger partial charge in [-0.15, -0.1) is 0 Å². The topological polar surface area (TPSA) is 99.6 Å². The quantitative estimate of drug-likeness (QED) is 0.527. The van der Waals surface area contributed by atoms with Crippen LogP contribution in [0.3, 0.4) is 0 Å². The Hall–Kier alpha value is -3.06. The second-order valence-corrected chi connectivity index (χ2v) is 7.16. The second-order valence-electron chi connectivity index (χ2n) is 7.16. The SMILES string of the molecule is C[C@]1(O)C[C@H](Nc2ncc3c(-c4ccc5nccnc5c4)c[nH]c3n2)C1. The van der Waals surface area contributed by atoms with Gasteiger partial charge in [0.2, 0.25) is 5.95 Å². The van der Waals surface area contributed by atoms with Gasteiger partial charge >= 0.3 is 0 Å². The van der Waals surface area contributed by atoms with Gasteiger partial charge in [0.05, 0.1) is 16.6 Å². The molecular weight excluding hydrogens is 328 g/mol. The monoisotopic (exact) mass is 346 g/mol. The van der Waals surface area contributed by atoms with E-state index >= 15 is 0 Å². The van der Waals surface area contributed by atoms with Gasteiger partial charge in [-0.3, -0.25) is 9.97 Å². The number of nitrogens with zero attached hydrogens (tertiary/aromatic N) is 4. The molecule has 1 fully saturated rings. The maximum absolute atomic E-state index is 9.84. The molecule has 7 nitrogen and oxygen atoms in total. The van der Waals surface area contributed by atoms with E-state index in [1.165, 1.54) is 0 Å². The summed E-state index contributed by atoms with van der Waals surface area (Å²) in [6, 6.07) is 6.24. The fourth-order valence-electron chi connectivity index (χ4n) is 3.63. The smallest absolute Gasteiger partial charge is 0.224 e. The molecule has 3 aromatic heterocycles. The molecule has 4 aromatic rings. The third kappa shape index (κ3) is 2.57. The zero-order chi connectivity index (χ0) is 17.7. The van der Waals surface area contributed by atoms with Crippen molar-refractivity contribution in [2.24, 2.45) is 0 Å². The molecule has 0 aliphatic heterocycles. The number of fused-ring (bicyclic) bond motifs is 2. The zero-order valence-corrected chi connectivity index (χ0v) is 14.3. The van der Waals surface area contributed by atoms with Crippen LogP contribution in [0.1, 0.15) is 19.8 Å². The van der Waals surface area contributed by atoms with E-state index in [-0.39, 0.29) is 6.04 Å². The highest BCUT2D eigenvalue weighted by molar-refractivity contribution is 5.95. The van der Waals surface area contributed by atoms with Crippen molar-refractivity contribution in [1.29, 1.82) is 0 Å². The Bertz CT molecular complexity index is 1110. The van der Waals surface area contributed by atoms with E-state index in [9.17, 15) is 5.11 Å². The molecule has 1 saturated carbocycles. The number of aromatic amines is 1. The normalized spacial score (nSPS) is 22.5. The Labute approximate surface area is 149 Å². The molecule has 130 valence electrons. The molecule has 0 amide bonds. The Morgan fingerprint density at radius 1 is 1.15 bits per heavy atom. The first kappa shape index (κ1) is 15.2. The second kappa shape index (κ2) is 5.47. The highest BCUT2D eigenvalue weighted by atomic mass is 16.3. The van der Waals surface area contributed by atoms with Crippen LogP contribution >= 0.6 is 0 Å². The first-order chi connectivity index (χ1) is 12.6. The van der Waals surface area contributed by atoms with Crippen LogP contribution in [0.25, 0.3) is 33.2 Å². The third-order valence-electron chi connectivity index (χ3n) is 4.92. The van der Waals surface area contributed by atoms with E-state index in [0.717, 1.165) is 33.2 Å². The highest BCUT2D eigenvalue weighted by Gasteiger charge is 2.38. The summed E-state index contributed by atoms with van der Waals surface area (Å²) in [5.74, 6) is 0.579. The molecule has 3 heterocycles. The molecule has 1 aromatic carbocycles. The molecule has 0 spiro atoms. The van der Waals surface area contributed by atoms with Crippen molar-refractivity contribution < 1.29 is 5.11 Å². The van der Waals surface area contributed by atoms with E-state index in [2.05, 4.69) is 30.2 Å². The van der Waals surface area contributed by atoms with Crippen molar-refractivity contribution in [2.45, 2.75) is 31.4 Å². The number of hydrogen-bond donors (Lipinski definition) is 3. The Balaban J connectivity index is 1.47. The van der Waals surface area contributed by atoms with Crippen molar-refractivity contribution in [2.75, 3.05) is 5.32 Å². The van der Waals surface area contributed by atoms with Crippen molar-refractivity contribution in [1.82, 2.24) is 24.9 Å². The molecular formula is C19H18N6O. The highest BCUT2D eigenvalue weighted by Crippen LogP contribution is 2.34. The summed E-state index contributed by atoms with van der Waals surface area (Å²) < 4.78 is 0. The Morgan fingerprint density at radius 2 is 1.96 bits per heavy atom. The van der Waals surface area contributed by atoms with E-state index < -0.39 is 5.60 Å². The van der Waals surface area contributed by atoms with Gasteiger partial charge in [0.15, 0.2) is 0 Å². The maximum atomic E-state index is 9.84. The van der Waals surface area contributed by atoms with Crippen molar-refractivity contribution >= 4 is 28.0 Å². The molecule has 1 aliphatic carbocycles. The van der Waals surface area contributed by atoms with E-state index in [1.807, 2.05) is 37.5 Å². The number of aliphatic hydroxyl groups is 1. The zero-order valence-electron chi connectivity index (χ0n) is 14.3. The maximum Gasteiger partial charge on any atom is 0.224 e. The standard InChI is InChI=1S/C19H18N6O/c1-19(26)7-12(8-19)24-18-23-10-14-13(9-22-17(14)25-18)11-2-3-15-16(6-11)21-5-4-20-15/h2-6,9-10,12,26H,7-8H2,1H3,(H2,22,23,24,25)/t12-,19-. The van der Waals surface area contributed by atoms with Crippen LogP contribution in [-0.4, -0.2) is 41.7 Å². The summed E-state index contributed by atoms with van der Waals surface area (Å²) in [5, 5.41) is 14.1. The number of rotatable bonds is 3. The lowest BCUT2D eigenvalue weighted by Crippen LogP contribution is -2.48. The molecule has 7 heteroatoms. The van der Waals surface area contributed by atoms with Gasteiger partial charge in [-0.05, 0) is 37.5 Å². The van der Waals surface area contributed by atoms with Gasteiger partial charge < -0.3 is 15.4 Å². The van der Waals surface area contributed by atoms with Gasteiger partial charge in [0.1, 0.15) is 5.65 Å². The van der Waals surface area contributed by atoms with Gasteiger partial charge in [0.25, 0.3) is 0 Å². The molecule has 5 rings (SSSR count). The van der Waals surface area contributed by atoms with E-state index in [0.29, 0.717) is 18.8 Å². The first-order valence-electron chi connectivity index (χ1n) is 8.62. The lowest BCUT2D eigenvalue weighted by atomic mass is 9.77. The van der Waals surface area contributed by atoms with Crippen LogP contribution in [0.4, 0.5) is 5.95 Å². The minimum atomic E-state index is -0.569. The number of benzene rings is 1. The predicted molar refractivity (Wildman–Crippen MR) is 99.7 cm³/mol. The first-order valence-corrected chi connectivity index (χ1v) is 8.62. The lowest BCUT2D eigenvalue weighted by Gasteiger charge is -2.41. The summed E-state index contributed by atoms with van der Waals surface area (Å²) in [4.78, 5) is 20.9. The molecule has 0 atom stereocenters. The lowest BCUT2D eigenvalue weighted by molar-refractivity contribution is -0.0235. The molecule has 3 N–H and O–H groups in total. The summed E-state index contributed by atoms with van der Waals surface area (Å²) in [6.45, 7) is 1.85. The number of nitrogens with one attached hydrogen (secondary N) is 2. The van der Waals surface area contributed by atoms with Crippen molar-refractivity contribution in [3.63, 3.8) is 0 Å². The molecule has 0 saturated heterocycles. The third-order valence-corrected chi connectivity index (χ3v) is 4.92. The van der Waals surface area contributed by atoms with Gasteiger partial charge in [0, 0.05) is 41.8 Å². The van der Waals surface area contributed by atoms with Crippen LogP contribution in [0.15, 0.2) is 43.0 Å². The summed E-state index contributed by atoms with van der Waals surface area (Å²) in [6.07, 6.45) is 8.58. The minimum absolute atomic E-state index is 0.218. The van der Waals surface area contributed by atoms with Crippen LogP contribution in [-0.2, 0) is 0 Å². The van der Waals surface area contributed by atoms with Crippen LogP contribution in [0.2, 0.25) is 0 Å². The fourth-order valence-corrected chi connectivity index (χ4v) is 3.63. The molecule has 26 heavy (non-hydrogen) atoms. The molecule has 0 unspecified atom stereocenters. The van der Waals surface area contributed by atoms with Crippen LogP contribution < -0.4 is 5.32 Å². The minimum Gasteiger partial charge on any atom is -0.390 e. The Morgan fingerprint density at radius 3 is 2.77 bits per heavy atom. The van der Waals surface area contributed by atoms with Gasteiger partial charge in [-0.25, -0.2) is 4.98 Å². The molecule has 1 aliphatic rings. The molecule has 0 radical (unpaired) electrons. The largest absolute Gasteiger partial charge is 0.390 e. The van der Waals surface area contributed by atoms with Crippen LogP contribution in [0.5, 0.6) is 0 Å². The van der Waals surface area contributed by atoms with E-state index in [4.69, 9.17) is 0 Å². The van der Waals surface area contributed by atoms with Gasteiger partial charge in [-0.2, -0.15) is 4.98 Å². The Kier molecular flexibility index (Phi) is 3.20. The molecule has 0 bridgehead atoms. The summed E-state index contributed by atoms with van der Waals surface area (Å²) in [5.41, 5.74) is 4.02. The predicted octanol–water partition coefficient (Wildman–Crippen LogP) is 2.89. The number of H-pyrrole nitrogens is 1. The number of hydrogen-bond acceptors (Lipinski definition) is 6. The van der Waals surface area contributed by atoms with Crippen LogP contribution in [0, 0.1) is 0 Å². The van der Waals surface area contributed by atoms with E-state index in [1.54, 1.807) is 12.4 Å².